The number of benzene rings is 1. The highest BCUT2D eigenvalue weighted by Gasteiger charge is 2.44. The van der Waals surface area contributed by atoms with Gasteiger partial charge in [0.05, 0.1) is 11.4 Å². The van der Waals surface area contributed by atoms with E-state index in [9.17, 15) is 0 Å². The molecule has 1 aliphatic rings. The predicted octanol–water partition coefficient (Wildman–Crippen LogP) is 2.63. The Hall–Kier alpha value is -1.13. The summed E-state index contributed by atoms with van der Waals surface area (Å²) in [6, 6.07) is 10.2. The maximum atomic E-state index is 5.82. The summed E-state index contributed by atoms with van der Waals surface area (Å²) >= 11 is 3.47. The van der Waals surface area contributed by atoms with Crippen molar-refractivity contribution in [3.8, 4) is 5.69 Å². The molecule has 0 spiro atoms. The van der Waals surface area contributed by atoms with E-state index >= 15 is 0 Å². The van der Waals surface area contributed by atoms with Gasteiger partial charge in [0, 0.05) is 22.6 Å². The lowest BCUT2D eigenvalue weighted by Gasteiger charge is -2.08. The van der Waals surface area contributed by atoms with E-state index in [1.165, 1.54) is 12.8 Å². The summed E-state index contributed by atoms with van der Waals surface area (Å²) in [6.07, 6.45) is 4.34. The standard InChI is InChI=1S/C13H14BrN3/c14-10-2-1-3-11(8-10)17-7-4-12(16-17)13(9-15)5-6-13/h1-4,7-8H,5-6,9,15H2. The Balaban J connectivity index is 1.95. The van der Waals surface area contributed by atoms with Gasteiger partial charge in [-0.3, -0.25) is 0 Å². The van der Waals surface area contributed by atoms with Crippen molar-refractivity contribution in [2.45, 2.75) is 18.3 Å². The van der Waals surface area contributed by atoms with Crippen molar-refractivity contribution in [2.75, 3.05) is 6.54 Å². The number of aromatic nitrogens is 2. The van der Waals surface area contributed by atoms with Crippen molar-refractivity contribution in [1.29, 1.82) is 0 Å². The second kappa shape index (κ2) is 3.96. The van der Waals surface area contributed by atoms with E-state index in [0.717, 1.165) is 15.9 Å². The topological polar surface area (TPSA) is 43.8 Å². The quantitative estimate of drug-likeness (QED) is 0.945. The fourth-order valence-electron chi connectivity index (χ4n) is 2.08. The Morgan fingerprint density at radius 2 is 2.18 bits per heavy atom. The van der Waals surface area contributed by atoms with Crippen molar-refractivity contribution >= 4 is 15.9 Å². The molecule has 0 saturated heterocycles. The van der Waals surface area contributed by atoms with E-state index < -0.39 is 0 Å². The highest BCUT2D eigenvalue weighted by atomic mass is 79.9. The van der Waals surface area contributed by atoms with E-state index in [0.29, 0.717) is 6.54 Å². The minimum atomic E-state index is 0.164. The van der Waals surface area contributed by atoms with Crippen LogP contribution in [-0.2, 0) is 5.41 Å². The van der Waals surface area contributed by atoms with Crippen molar-refractivity contribution < 1.29 is 0 Å². The second-order valence-corrected chi connectivity index (χ2v) is 5.53. The van der Waals surface area contributed by atoms with Gasteiger partial charge >= 0.3 is 0 Å². The highest BCUT2D eigenvalue weighted by Crippen LogP contribution is 2.46. The monoisotopic (exact) mass is 291 g/mol. The van der Waals surface area contributed by atoms with Crippen LogP contribution in [0.15, 0.2) is 41.0 Å². The average Bonchev–Trinajstić information content (AvgIpc) is 2.99. The average molecular weight is 292 g/mol. The molecule has 1 aromatic heterocycles. The zero-order chi connectivity index (χ0) is 11.9. The van der Waals surface area contributed by atoms with Crippen LogP contribution in [0.2, 0.25) is 0 Å². The minimum absolute atomic E-state index is 0.164. The summed E-state index contributed by atoms with van der Waals surface area (Å²) in [5.74, 6) is 0. The zero-order valence-electron chi connectivity index (χ0n) is 9.44. The van der Waals surface area contributed by atoms with Gasteiger partial charge < -0.3 is 5.73 Å². The van der Waals surface area contributed by atoms with Gasteiger partial charge in [-0.15, -0.1) is 0 Å². The van der Waals surface area contributed by atoms with E-state index in [2.05, 4.69) is 33.2 Å². The third-order valence-electron chi connectivity index (χ3n) is 3.45. The Morgan fingerprint density at radius 1 is 1.35 bits per heavy atom. The maximum Gasteiger partial charge on any atom is 0.0703 e. The van der Waals surface area contributed by atoms with Gasteiger partial charge in [-0.1, -0.05) is 22.0 Å². The van der Waals surface area contributed by atoms with Crippen LogP contribution in [0, 0.1) is 0 Å². The molecule has 3 nitrogen and oxygen atoms in total. The lowest BCUT2D eigenvalue weighted by Crippen LogP contribution is -2.20. The molecule has 0 radical (unpaired) electrons. The van der Waals surface area contributed by atoms with Gasteiger partial charge in [0.25, 0.3) is 0 Å². The van der Waals surface area contributed by atoms with Crippen LogP contribution >= 0.6 is 15.9 Å². The second-order valence-electron chi connectivity index (χ2n) is 4.61. The number of nitrogens with zero attached hydrogens (tertiary/aromatic N) is 2. The molecule has 0 atom stereocenters. The van der Waals surface area contributed by atoms with E-state index in [1.54, 1.807) is 0 Å². The van der Waals surface area contributed by atoms with Crippen molar-refractivity contribution in [3.05, 3.63) is 46.7 Å². The molecule has 1 aliphatic carbocycles. The van der Waals surface area contributed by atoms with Crippen LogP contribution in [0.4, 0.5) is 0 Å². The smallest absolute Gasteiger partial charge is 0.0703 e. The molecular formula is C13H14BrN3. The molecule has 1 saturated carbocycles. The lowest BCUT2D eigenvalue weighted by molar-refractivity contribution is 0.661. The van der Waals surface area contributed by atoms with Gasteiger partial charge in [0.2, 0.25) is 0 Å². The van der Waals surface area contributed by atoms with E-state index in [-0.39, 0.29) is 5.41 Å². The third-order valence-corrected chi connectivity index (χ3v) is 3.94. The Morgan fingerprint density at radius 3 is 2.82 bits per heavy atom. The molecule has 4 heteroatoms. The molecule has 0 unspecified atom stereocenters. The summed E-state index contributed by atoms with van der Waals surface area (Å²) in [5.41, 5.74) is 8.17. The van der Waals surface area contributed by atoms with Gasteiger partial charge in [-0.25, -0.2) is 4.68 Å². The molecule has 88 valence electrons. The summed E-state index contributed by atoms with van der Waals surface area (Å²) in [5, 5.41) is 4.64. The summed E-state index contributed by atoms with van der Waals surface area (Å²) in [4.78, 5) is 0. The van der Waals surface area contributed by atoms with Gasteiger partial charge in [-0.05, 0) is 37.1 Å². The van der Waals surface area contributed by atoms with Crippen LogP contribution in [-0.4, -0.2) is 16.3 Å². The SMILES string of the molecule is NCC1(c2ccn(-c3cccc(Br)c3)n2)CC1. The number of hydrogen-bond acceptors (Lipinski definition) is 2. The summed E-state index contributed by atoms with van der Waals surface area (Å²) < 4.78 is 2.97. The fourth-order valence-corrected chi connectivity index (χ4v) is 2.47. The third kappa shape index (κ3) is 1.91. The Bertz CT molecular complexity index is 543. The predicted molar refractivity (Wildman–Crippen MR) is 71.2 cm³/mol. The van der Waals surface area contributed by atoms with Gasteiger partial charge in [0.15, 0.2) is 0 Å². The number of hydrogen-bond donors (Lipinski definition) is 1. The van der Waals surface area contributed by atoms with Gasteiger partial charge in [0.1, 0.15) is 0 Å². The van der Waals surface area contributed by atoms with Crippen LogP contribution in [0.25, 0.3) is 5.69 Å². The fraction of sp³-hybridized carbons (Fsp3) is 0.308. The molecule has 17 heavy (non-hydrogen) atoms. The molecule has 0 amide bonds. The van der Waals surface area contributed by atoms with Crippen molar-refractivity contribution in [3.63, 3.8) is 0 Å². The first kappa shape index (κ1) is 11.0. The molecule has 1 fully saturated rings. The molecule has 3 rings (SSSR count). The Kier molecular flexibility index (Phi) is 2.56. The number of halogens is 1. The Labute approximate surface area is 109 Å². The van der Waals surface area contributed by atoms with Crippen molar-refractivity contribution in [2.24, 2.45) is 5.73 Å². The normalized spacial score (nSPS) is 17.1. The first-order chi connectivity index (χ1) is 8.23. The lowest BCUT2D eigenvalue weighted by atomic mass is 10.0. The van der Waals surface area contributed by atoms with E-state index in [4.69, 9.17) is 5.73 Å². The molecule has 1 aromatic carbocycles. The highest BCUT2D eigenvalue weighted by molar-refractivity contribution is 9.10. The summed E-state index contributed by atoms with van der Waals surface area (Å²) in [7, 11) is 0. The van der Waals surface area contributed by atoms with Crippen molar-refractivity contribution in [1.82, 2.24) is 9.78 Å². The molecule has 0 bridgehead atoms. The maximum absolute atomic E-state index is 5.82. The van der Waals surface area contributed by atoms with E-state index in [1.807, 2.05) is 29.1 Å². The van der Waals surface area contributed by atoms with Crippen LogP contribution in [0.1, 0.15) is 18.5 Å². The minimum Gasteiger partial charge on any atom is -0.330 e. The van der Waals surface area contributed by atoms with Gasteiger partial charge in [-0.2, -0.15) is 5.10 Å². The molecule has 0 aliphatic heterocycles. The first-order valence-electron chi connectivity index (χ1n) is 5.76. The van der Waals surface area contributed by atoms with Crippen LogP contribution in [0.5, 0.6) is 0 Å². The molecule has 1 heterocycles. The van der Waals surface area contributed by atoms with Crippen LogP contribution in [0.3, 0.4) is 0 Å². The van der Waals surface area contributed by atoms with Crippen LogP contribution < -0.4 is 5.73 Å². The molecule has 2 N–H and O–H groups in total. The first-order valence-corrected chi connectivity index (χ1v) is 6.55. The summed E-state index contributed by atoms with van der Waals surface area (Å²) in [6.45, 7) is 0.697. The number of rotatable bonds is 3. The number of nitrogens with two attached hydrogens (primary N) is 1. The zero-order valence-corrected chi connectivity index (χ0v) is 11.0. The largest absolute Gasteiger partial charge is 0.330 e. The molecular weight excluding hydrogens is 278 g/mol. The molecule has 2 aromatic rings.